The van der Waals surface area contributed by atoms with E-state index in [-0.39, 0.29) is 56.8 Å². The zero-order valence-corrected chi connectivity index (χ0v) is 25.9. The van der Waals surface area contributed by atoms with Gasteiger partial charge in [-0.2, -0.15) is 0 Å². The van der Waals surface area contributed by atoms with Crippen molar-refractivity contribution >= 4 is 50.2 Å². The third kappa shape index (κ3) is 8.05. The van der Waals surface area contributed by atoms with Crippen LogP contribution in [0.5, 0.6) is 0 Å². The Labute approximate surface area is 265 Å². The molecule has 0 saturated carbocycles. The van der Waals surface area contributed by atoms with Crippen LogP contribution < -0.4 is 22.1 Å². The van der Waals surface area contributed by atoms with Gasteiger partial charge in [0.05, 0.1) is 16.8 Å². The van der Waals surface area contributed by atoms with Crippen molar-refractivity contribution in [3.63, 3.8) is 0 Å². The molecule has 3 aromatic carbocycles. The van der Waals surface area contributed by atoms with Crippen LogP contribution >= 0.6 is 11.3 Å². The van der Waals surface area contributed by atoms with E-state index in [1.807, 2.05) is 37.3 Å². The maximum atomic E-state index is 14.1. The molecule has 1 saturated heterocycles. The molecule has 6 N–H and O–H groups in total. The molecular formula is C32H37FN8O3S. The number of nitrogen functional groups attached to an aromatic ring is 2. The van der Waals surface area contributed by atoms with Crippen LogP contribution in [0.2, 0.25) is 0 Å². The van der Waals surface area contributed by atoms with E-state index in [1.165, 1.54) is 28.5 Å². The van der Waals surface area contributed by atoms with Gasteiger partial charge >= 0.3 is 6.03 Å². The Hall–Kier alpha value is -4.75. The quantitative estimate of drug-likeness (QED) is 0.206. The van der Waals surface area contributed by atoms with E-state index in [4.69, 9.17) is 11.5 Å². The van der Waals surface area contributed by atoms with E-state index in [9.17, 15) is 18.8 Å². The van der Waals surface area contributed by atoms with Gasteiger partial charge in [0.25, 0.3) is 0 Å². The number of halogens is 1. The maximum absolute atomic E-state index is 14.1. The number of thiazole rings is 1. The van der Waals surface area contributed by atoms with Crippen molar-refractivity contribution in [2.24, 2.45) is 0 Å². The minimum absolute atomic E-state index is 0.123. The molecule has 2 heterocycles. The Bertz CT molecular complexity index is 1650. The van der Waals surface area contributed by atoms with E-state index in [0.717, 1.165) is 26.9 Å². The summed E-state index contributed by atoms with van der Waals surface area (Å²) in [5, 5.41) is 9.42. The smallest absolute Gasteiger partial charge is 0.332 e. The fraction of sp³-hybridized carbons (Fsp3) is 0.312. The van der Waals surface area contributed by atoms with Gasteiger partial charge in [0.2, 0.25) is 11.8 Å². The van der Waals surface area contributed by atoms with E-state index < -0.39 is 12.1 Å². The number of nitrogens with zero attached hydrogens (tertiary/aromatic N) is 4. The number of rotatable bonds is 9. The normalized spacial score (nSPS) is 16.1. The average molecular weight is 633 g/mol. The molecule has 1 aliphatic heterocycles. The molecule has 0 bridgehead atoms. The summed E-state index contributed by atoms with van der Waals surface area (Å²) in [5.74, 6) is -0.985. The summed E-state index contributed by atoms with van der Waals surface area (Å²) in [6.07, 6.45) is 0.907. The van der Waals surface area contributed by atoms with Crippen LogP contribution in [-0.2, 0) is 29.1 Å². The fourth-order valence-electron chi connectivity index (χ4n) is 5.31. The number of carbonyl (C=O) groups is 3. The number of para-hydroxylation sites is 1. The van der Waals surface area contributed by atoms with Crippen molar-refractivity contribution in [1.82, 2.24) is 30.5 Å². The molecule has 0 radical (unpaired) electrons. The Morgan fingerprint density at radius 2 is 1.80 bits per heavy atom. The first-order valence-corrected chi connectivity index (χ1v) is 15.6. The number of nitrogens with two attached hydrogens (primary N) is 2. The van der Waals surface area contributed by atoms with Gasteiger partial charge in [-0.3, -0.25) is 14.6 Å². The highest BCUT2D eigenvalue weighted by Crippen LogP contribution is 2.27. The van der Waals surface area contributed by atoms with Gasteiger partial charge in [0, 0.05) is 44.8 Å². The third-order valence-corrected chi connectivity index (χ3v) is 8.42. The summed E-state index contributed by atoms with van der Waals surface area (Å²) >= 11 is 1.38. The third-order valence-electron chi connectivity index (χ3n) is 7.57. The van der Waals surface area contributed by atoms with Gasteiger partial charge in [-0.05, 0) is 53.4 Å². The molecule has 0 unspecified atom stereocenters. The summed E-state index contributed by atoms with van der Waals surface area (Å²) in [6.45, 7) is 3.07. The number of hydrogen-bond acceptors (Lipinski definition) is 8. The number of hydrogen-bond donors (Lipinski definition) is 4. The summed E-state index contributed by atoms with van der Waals surface area (Å²) < 4.78 is 14.3. The molecular weight excluding hydrogens is 595 g/mol. The van der Waals surface area contributed by atoms with Crippen LogP contribution in [-0.4, -0.2) is 70.0 Å². The van der Waals surface area contributed by atoms with Crippen LogP contribution in [0, 0.1) is 5.82 Å². The molecule has 11 nitrogen and oxygen atoms in total. The number of aromatic nitrogens is 1. The van der Waals surface area contributed by atoms with Gasteiger partial charge in [-0.15, -0.1) is 0 Å². The second-order valence-electron chi connectivity index (χ2n) is 10.9. The summed E-state index contributed by atoms with van der Waals surface area (Å²) in [5.41, 5.74) is 15.6. The standard InChI is InChI=1S/C32H37FN8O3S/c1-2-14-41(32(44)36-18-22-6-10-24(33)11-7-22)40-16-15-39(19-23-4-3-5-27-29(23)38-31(35)45-27)30(43)26(37-28(42)20-40)17-21-8-12-25(34)13-9-21/h3-13,26H,2,14-20,34H2,1H3,(H2,35,38)(H,36,44)(H,37,42)/t26-/m0/s1. The molecule has 1 aromatic heterocycles. The van der Waals surface area contributed by atoms with E-state index in [2.05, 4.69) is 15.6 Å². The summed E-state index contributed by atoms with van der Waals surface area (Å²) in [4.78, 5) is 47.2. The Kier molecular flexibility index (Phi) is 10.1. The molecule has 0 spiro atoms. The molecule has 1 atom stereocenters. The molecule has 236 valence electrons. The van der Waals surface area contributed by atoms with Crippen LogP contribution in [0.3, 0.4) is 0 Å². The highest BCUT2D eigenvalue weighted by Gasteiger charge is 2.32. The van der Waals surface area contributed by atoms with Crippen LogP contribution in [0.4, 0.5) is 20.0 Å². The number of amides is 4. The topological polar surface area (TPSA) is 150 Å². The lowest BCUT2D eigenvalue weighted by molar-refractivity contribution is -0.136. The van der Waals surface area contributed by atoms with Gasteiger partial charge < -0.3 is 27.0 Å². The maximum Gasteiger partial charge on any atom is 0.332 e. The van der Waals surface area contributed by atoms with E-state index >= 15 is 0 Å². The molecule has 0 aliphatic carbocycles. The first-order valence-electron chi connectivity index (χ1n) is 14.8. The molecule has 13 heteroatoms. The van der Waals surface area contributed by atoms with Crippen molar-refractivity contribution in [3.05, 3.63) is 89.2 Å². The molecule has 45 heavy (non-hydrogen) atoms. The SMILES string of the molecule is CCCN(C(=O)NCc1ccc(F)cc1)N1CCN(Cc2cccc3sc(N)nc23)C(=O)[C@H](Cc2ccc(N)cc2)NC(=O)C1. The van der Waals surface area contributed by atoms with Gasteiger partial charge in [0.15, 0.2) is 5.13 Å². The van der Waals surface area contributed by atoms with Crippen molar-refractivity contribution in [1.29, 1.82) is 0 Å². The van der Waals surface area contributed by atoms with Crippen molar-refractivity contribution in [2.45, 2.75) is 38.9 Å². The zero-order chi connectivity index (χ0) is 31.9. The van der Waals surface area contributed by atoms with Gasteiger partial charge in [0.1, 0.15) is 11.9 Å². The second kappa shape index (κ2) is 14.4. The molecule has 1 fully saturated rings. The molecule has 1 aliphatic rings. The van der Waals surface area contributed by atoms with Crippen LogP contribution in [0.15, 0.2) is 66.7 Å². The Morgan fingerprint density at radius 1 is 1.07 bits per heavy atom. The highest BCUT2D eigenvalue weighted by atomic mass is 32.1. The summed E-state index contributed by atoms with van der Waals surface area (Å²) in [7, 11) is 0. The average Bonchev–Trinajstić information content (AvgIpc) is 3.43. The first kappa shape index (κ1) is 31.7. The van der Waals surface area contributed by atoms with Crippen molar-refractivity contribution in [2.75, 3.05) is 37.6 Å². The minimum Gasteiger partial charge on any atom is -0.399 e. The first-order chi connectivity index (χ1) is 21.7. The van der Waals surface area contributed by atoms with Crippen LogP contribution in [0.1, 0.15) is 30.0 Å². The minimum atomic E-state index is -0.840. The highest BCUT2D eigenvalue weighted by molar-refractivity contribution is 7.22. The van der Waals surface area contributed by atoms with Crippen LogP contribution in [0.25, 0.3) is 10.2 Å². The lowest BCUT2D eigenvalue weighted by atomic mass is 10.0. The van der Waals surface area contributed by atoms with Gasteiger partial charge in [-0.1, -0.05) is 54.7 Å². The van der Waals surface area contributed by atoms with Crippen molar-refractivity contribution in [3.8, 4) is 0 Å². The van der Waals surface area contributed by atoms with Crippen molar-refractivity contribution < 1.29 is 18.8 Å². The largest absolute Gasteiger partial charge is 0.399 e. The molecule has 5 rings (SSSR count). The predicted molar refractivity (Wildman–Crippen MR) is 173 cm³/mol. The second-order valence-corrected chi connectivity index (χ2v) is 12.0. The van der Waals surface area contributed by atoms with Gasteiger partial charge in [-0.25, -0.2) is 19.2 Å². The Balaban J connectivity index is 1.41. The number of fused-ring (bicyclic) bond motifs is 1. The lowest BCUT2D eigenvalue weighted by Crippen LogP contribution is -2.55. The lowest BCUT2D eigenvalue weighted by Gasteiger charge is -2.35. The number of anilines is 2. The number of hydrazine groups is 1. The van der Waals surface area contributed by atoms with E-state index in [0.29, 0.717) is 23.8 Å². The predicted octanol–water partition coefficient (Wildman–Crippen LogP) is 3.51. The fourth-order valence-corrected chi connectivity index (χ4v) is 6.10. The molecule has 4 aromatic rings. The monoisotopic (exact) mass is 632 g/mol. The molecule has 4 amide bonds. The summed E-state index contributed by atoms with van der Waals surface area (Å²) in [6, 6.07) is 17.6. The number of nitrogens with one attached hydrogen (secondary N) is 2. The number of benzene rings is 3. The number of urea groups is 1. The van der Waals surface area contributed by atoms with E-state index in [1.54, 1.807) is 34.2 Å². The Morgan fingerprint density at radius 3 is 2.53 bits per heavy atom. The number of carbonyl (C=O) groups excluding carboxylic acids is 3. The zero-order valence-electron chi connectivity index (χ0n) is 25.0.